The van der Waals surface area contributed by atoms with Crippen molar-refractivity contribution in [3.63, 3.8) is 0 Å². The Morgan fingerprint density at radius 3 is 2.65 bits per heavy atom. The Kier molecular flexibility index (Phi) is 5.73. The van der Waals surface area contributed by atoms with Crippen LogP contribution in [-0.2, 0) is 11.3 Å². The Morgan fingerprint density at radius 2 is 1.91 bits per heavy atom. The van der Waals surface area contributed by atoms with E-state index in [-0.39, 0.29) is 24.8 Å². The van der Waals surface area contributed by atoms with Gasteiger partial charge in [-0.05, 0) is 29.8 Å². The van der Waals surface area contributed by atoms with Gasteiger partial charge in [-0.25, -0.2) is 0 Å². The Balaban J connectivity index is 2.03. The van der Waals surface area contributed by atoms with Gasteiger partial charge in [0.15, 0.2) is 0 Å². The van der Waals surface area contributed by atoms with E-state index >= 15 is 0 Å². The number of nitriles is 1. The summed E-state index contributed by atoms with van der Waals surface area (Å²) in [7, 11) is 0. The summed E-state index contributed by atoms with van der Waals surface area (Å²) in [4.78, 5) is 23.5. The number of nitrogens with zero attached hydrogens (tertiary/aromatic N) is 1. The number of carbonyl (C=O) groups excluding carboxylic acids is 2. The van der Waals surface area contributed by atoms with Crippen molar-refractivity contribution in [2.45, 2.75) is 13.0 Å². The van der Waals surface area contributed by atoms with Gasteiger partial charge in [0.2, 0.25) is 5.91 Å². The van der Waals surface area contributed by atoms with Gasteiger partial charge < -0.3 is 10.6 Å². The van der Waals surface area contributed by atoms with Gasteiger partial charge in [0.1, 0.15) is 6.42 Å². The van der Waals surface area contributed by atoms with Crippen molar-refractivity contribution in [1.29, 1.82) is 5.26 Å². The lowest BCUT2D eigenvalue weighted by molar-refractivity contribution is -0.120. The highest BCUT2D eigenvalue weighted by Crippen LogP contribution is 2.18. The fourth-order valence-corrected chi connectivity index (χ4v) is 2.16. The molecule has 0 atom stereocenters. The lowest BCUT2D eigenvalue weighted by Crippen LogP contribution is -2.22. The fraction of sp³-hybridized carbons (Fsp3) is 0.118. The largest absolute Gasteiger partial charge is 0.351 e. The van der Waals surface area contributed by atoms with Gasteiger partial charge in [-0.1, -0.05) is 35.9 Å². The standard InChI is InChI=1S/C17H14ClN3O2/c18-15-7-2-1-6-14(15)17(23)21-13-5-3-4-12(10-13)11-20-16(22)8-9-19/h1-7,10H,8,11H2,(H,20,22)(H,21,23). The Morgan fingerprint density at radius 1 is 1.13 bits per heavy atom. The third kappa shape index (κ3) is 4.83. The summed E-state index contributed by atoms with van der Waals surface area (Å²) in [5, 5.41) is 14.2. The Labute approximate surface area is 138 Å². The van der Waals surface area contributed by atoms with Crippen LogP contribution in [0.5, 0.6) is 0 Å². The molecule has 116 valence electrons. The lowest BCUT2D eigenvalue weighted by atomic mass is 10.1. The molecule has 0 unspecified atom stereocenters. The van der Waals surface area contributed by atoms with Gasteiger partial charge in [-0.2, -0.15) is 5.26 Å². The SMILES string of the molecule is N#CCC(=O)NCc1cccc(NC(=O)c2ccccc2Cl)c1. The van der Waals surface area contributed by atoms with Gasteiger partial charge in [0.05, 0.1) is 16.7 Å². The molecule has 0 radical (unpaired) electrons. The van der Waals surface area contributed by atoms with Gasteiger partial charge in [0.25, 0.3) is 5.91 Å². The molecule has 0 saturated carbocycles. The van der Waals surface area contributed by atoms with Crippen molar-refractivity contribution in [3.05, 3.63) is 64.7 Å². The van der Waals surface area contributed by atoms with Crippen molar-refractivity contribution in [2.24, 2.45) is 0 Å². The maximum absolute atomic E-state index is 12.2. The zero-order chi connectivity index (χ0) is 16.7. The van der Waals surface area contributed by atoms with Crippen molar-refractivity contribution in [2.75, 3.05) is 5.32 Å². The number of hydrogen-bond donors (Lipinski definition) is 2. The van der Waals surface area contributed by atoms with Crippen LogP contribution >= 0.6 is 11.6 Å². The third-order valence-electron chi connectivity index (χ3n) is 3.03. The topological polar surface area (TPSA) is 82.0 Å². The second-order valence-electron chi connectivity index (χ2n) is 4.75. The molecular weight excluding hydrogens is 314 g/mol. The van der Waals surface area contributed by atoms with E-state index in [1.165, 1.54) is 0 Å². The monoisotopic (exact) mass is 327 g/mol. The molecule has 0 heterocycles. The zero-order valence-corrected chi connectivity index (χ0v) is 12.9. The molecule has 2 amide bonds. The number of amides is 2. The second kappa shape index (κ2) is 7.97. The summed E-state index contributed by atoms with van der Waals surface area (Å²) in [5.74, 6) is -0.640. The normalized spacial score (nSPS) is 9.74. The average Bonchev–Trinajstić information content (AvgIpc) is 2.54. The number of anilines is 1. The van der Waals surface area contributed by atoms with Crippen molar-refractivity contribution in [1.82, 2.24) is 5.32 Å². The van der Waals surface area contributed by atoms with Crippen molar-refractivity contribution in [3.8, 4) is 6.07 Å². The molecule has 2 aromatic carbocycles. The molecule has 0 aliphatic heterocycles. The minimum atomic E-state index is -0.335. The van der Waals surface area contributed by atoms with Gasteiger partial charge >= 0.3 is 0 Å². The quantitative estimate of drug-likeness (QED) is 0.885. The highest BCUT2D eigenvalue weighted by molar-refractivity contribution is 6.34. The first-order valence-electron chi connectivity index (χ1n) is 6.88. The molecule has 0 aliphatic carbocycles. The van der Waals surface area contributed by atoms with Crippen LogP contribution in [0.4, 0.5) is 5.69 Å². The molecule has 5 nitrogen and oxygen atoms in total. The van der Waals surface area contributed by atoms with Crippen LogP contribution in [0.2, 0.25) is 5.02 Å². The van der Waals surface area contributed by atoms with Gasteiger partial charge in [-0.15, -0.1) is 0 Å². The lowest BCUT2D eigenvalue weighted by Gasteiger charge is -2.09. The highest BCUT2D eigenvalue weighted by atomic mass is 35.5. The molecule has 0 saturated heterocycles. The molecule has 6 heteroatoms. The van der Waals surface area contributed by atoms with Crippen LogP contribution in [0.3, 0.4) is 0 Å². The molecule has 0 bridgehead atoms. The summed E-state index contributed by atoms with van der Waals surface area (Å²) in [6.07, 6.45) is -0.178. The number of halogens is 1. The molecule has 2 N–H and O–H groups in total. The molecule has 23 heavy (non-hydrogen) atoms. The number of benzene rings is 2. The fourth-order valence-electron chi connectivity index (χ4n) is 1.94. The van der Waals surface area contributed by atoms with Crippen LogP contribution in [-0.4, -0.2) is 11.8 Å². The zero-order valence-electron chi connectivity index (χ0n) is 12.2. The van der Waals surface area contributed by atoms with E-state index in [4.69, 9.17) is 16.9 Å². The first kappa shape index (κ1) is 16.5. The van der Waals surface area contributed by atoms with Crippen LogP contribution in [0.1, 0.15) is 22.3 Å². The summed E-state index contributed by atoms with van der Waals surface area (Å²) in [5.41, 5.74) is 1.80. The predicted molar refractivity (Wildman–Crippen MR) is 87.9 cm³/mol. The summed E-state index contributed by atoms with van der Waals surface area (Å²) in [6.45, 7) is 0.288. The van der Waals surface area contributed by atoms with Crippen molar-refractivity contribution < 1.29 is 9.59 Å². The van der Waals surface area contributed by atoms with Gasteiger partial charge in [-0.3, -0.25) is 9.59 Å². The molecular formula is C17H14ClN3O2. The van der Waals surface area contributed by atoms with E-state index in [0.717, 1.165) is 5.56 Å². The van der Waals surface area contributed by atoms with Gasteiger partial charge in [0, 0.05) is 12.2 Å². The van der Waals surface area contributed by atoms with E-state index in [1.54, 1.807) is 48.5 Å². The molecule has 0 aromatic heterocycles. The maximum atomic E-state index is 12.2. The molecule has 2 rings (SSSR count). The second-order valence-corrected chi connectivity index (χ2v) is 5.15. The predicted octanol–water partition coefficient (Wildman–Crippen LogP) is 3.12. The van der Waals surface area contributed by atoms with Crippen LogP contribution in [0, 0.1) is 11.3 Å². The van der Waals surface area contributed by atoms with E-state index in [9.17, 15) is 9.59 Å². The van der Waals surface area contributed by atoms with Crippen molar-refractivity contribution >= 4 is 29.1 Å². The number of rotatable bonds is 5. The Hall–Kier alpha value is -2.84. The number of nitrogens with one attached hydrogen (secondary N) is 2. The summed E-state index contributed by atoms with van der Waals surface area (Å²) < 4.78 is 0. The van der Waals surface area contributed by atoms with Crippen LogP contribution in [0.15, 0.2) is 48.5 Å². The van der Waals surface area contributed by atoms with Crippen LogP contribution < -0.4 is 10.6 Å². The van der Waals surface area contributed by atoms with Crippen LogP contribution in [0.25, 0.3) is 0 Å². The summed E-state index contributed by atoms with van der Waals surface area (Å²) >= 11 is 6.00. The number of hydrogen-bond acceptors (Lipinski definition) is 3. The van der Waals surface area contributed by atoms with E-state index in [2.05, 4.69) is 10.6 Å². The average molecular weight is 328 g/mol. The maximum Gasteiger partial charge on any atom is 0.257 e. The summed E-state index contributed by atoms with van der Waals surface area (Å²) in [6, 6.07) is 15.7. The molecule has 0 fully saturated rings. The van der Waals surface area contributed by atoms with E-state index < -0.39 is 0 Å². The minimum absolute atomic E-state index is 0.178. The van der Waals surface area contributed by atoms with E-state index in [1.807, 2.05) is 6.07 Å². The molecule has 2 aromatic rings. The first-order valence-corrected chi connectivity index (χ1v) is 7.26. The Bertz CT molecular complexity index is 768. The molecule has 0 spiro atoms. The smallest absolute Gasteiger partial charge is 0.257 e. The highest BCUT2D eigenvalue weighted by Gasteiger charge is 2.10. The minimum Gasteiger partial charge on any atom is -0.351 e. The number of carbonyl (C=O) groups is 2. The third-order valence-corrected chi connectivity index (χ3v) is 3.36. The first-order chi connectivity index (χ1) is 11.1. The molecule has 0 aliphatic rings. The van der Waals surface area contributed by atoms with E-state index in [0.29, 0.717) is 16.3 Å².